The number of imidazole rings is 1. The highest BCUT2D eigenvalue weighted by atomic mass is 19.4. The summed E-state index contributed by atoms with van der Waals surface area (Å²) >= 11 is 0. The topological polar surface area (TPSA) is 43.8 Å². The van der Waals surface area contributed by atoms with E-state index in [1.54, 1.807) is 0 Å². The molecule has 0 aliphatic rings. The van der Waals surface area contributed by atoms with Crippen LogP contribution in [-0.4, -0.2) is 15.7 Å². The van der Waals surface area contributed by atoms with E-state index in [4.69, 9.17) is 5.73 Å². The van der Waals surface area contributed by atoms with E-state index in [0.29, 0.717) is 0 Å². The number of aryl methyl sites for hydroxylation is 1. The number of nitrogens with zero attached hydrogens (tertiary/aromatic N) is 2. The third-order valence-corrected chi connectivity index (χ3v) is 1.53. The van der Waals surface area contributed by atoms with Crippen LogP contribution in [0, 0.1) is 0 Å². The van der Waals surface area contributed by atoms with Crippen molar-refractivity contribution in [1.29, 1.82) is 0 Å². The van der Waals surface area contributed by atoms with Crippen molar-refractivity contribution in [1.82, 2.24) is 9.55 Å². The van der Waals surface area contributed by atoms with E-state index in [-0.39, 0.29) is 5.69 Å². The van der Waals surface area contributed by atoms with E-state index in [1.165, 1.54) is 17.9 Å². The van der Waals surface area contributed by atoms with Gasteiger partial charge in [-0.1, -0.05) is 0 Å². The van der Waals surface area contributed by atoms with Crippen molar-refractivity contribution in [2.75, 3.05) is 0 Å². The molecule has 12 heavy (non-hydrogen) atoms. The third-order valence-electron chi connectivity index (χ3n) is 1.53. The van der Waals surface area contributed by atoms with Gasteiger partial charge in [0.25, 0.3) is 0 Å². The first-order chi connectivity index (χ1) is 5.43. The average Bonchev–Trinajstić information content (AvgIpc) is 2.31. The minimum Gasteiger partial charge on any atom is -0.336 e. The molecule has 0 amide bonds. The van der Waals surface area contributed by atoms with Gasteiger partial charge in [0, 0.05) is 7.05 Å². The van der Waals surface area contributed by atoms with Gasteiger partial charge in [0.15, 0.2) is 0 Å². The molecular weight excluding hydrogens is 171 g/mol. The maximum atomic E-state index is 12.0. The van der Waals surface area contributed by atoms with Gasteiger partial charge >= 0.3 is 6.18 Å². The Morgan fingerprint density at radius 2 is 2.17 bits per heavy atom. The maximum absolute atomic E-state index is 12.0. The highest BCUT2D eigenvalue weighted by molar-refractivity contribution is 5.06. The van der Waals surface area contributed by atoms with Gasteiger partial charge in [-0.05, 0) is 0 Å². The Labute approximate surface area is 67.0 Å². The molecule has 1 unspecified atom stereocenters. The van der Waals surface area contributed by atoms with Gasteiger partial charge in [-0.25, -0.2) is 4.98 Å². The van der Waals surface area contributed by atoms with Crippen LogP contribution in [0.2, 0.25) is 0 Å². The fraction of sp³-hybridized carbons (Fsp3) is 0.500. The molecule has 68 valence electrons. The first-order valence-corrected chi connectivity index (χ1v) is 3.21. The first-order valence-electron chi connectivity index (χ1n) is 3.21. The molecule has 0 aliphatic carbocycles. The molecule has 0 aliphatic heterocycles. The summed E-state index contributed by atoms with van der Waals surface area (Å²) in [4.78, 5) is 3.54. The second kappa shape index (κ2) is 2.78. The molecule has 0 bridgehead atoms. The molecule has 3 nitrogen and oxygen atoms in total. The molecular formula is C6H8F3N3. The predicted octanol–water partition coefficient (Wildman–Crippen LogP) is 0.982. The van der Waals surface area contributed by atoms with Gasteiger partial charge in [-0.15, -0.1) is 0 Å². The zero-order chi connectivity index (χ0) is 9.35. The lowest BCUT2D eigenvalue weighted by Gasteiger charge is -2.15. The Morgan fingerprint density at radius 1 is 1.58 bits per heavy atom. The Hall–Kier alpha value is -1.04. The van der Waals surface area contributed by atoms with E-state index in [1.807, 2.05) is 0 Å². The summed E-state index contributed by atoms with van der Waals surface area (Å²) in [5.74, 6) is 0. The van der Waals surface area contributed by atoms with Crippen molar-refractivity contribution in [3.63, 3.8) is 0 Å². The summed E-state index contributed by atoms with van der Waals surface area (Å²) in [7, 11) is 1.47. The summed E-state index contributed by atoms with van der Waals surface area (Å²) in [6, 6.07) is -1.95. The standard InChI is InChI=1S/C6H8F3N3/c1-12-3-11-2-4(12)5(10)6(7,8)9/h2-3,5H,10H2,1H3. The van der Waals surface area contributed by atoms with E-state index in [2.05, 4.69) is 4.98 Å². The van der Waals surface area contributed by atoms with Crippen LogP contribution in [0.1, 0.15) is 11.7 Å². The van der Waals surface area contributed by atoms with Crippen LogP contribution in [0.5, 0.6) is 0 Å². The second-order valence-corrected chi connectivity index (χ2v) is 2.45. The molecule has 0 saturated heterocycles. The molecule has 0 fully saturated rings. The van der Waals surface area contributed by atoms with Crippen molar-refractivity contribution >= 4 is 0 Å². The minimum atomic E-state index is -4.41. The van der Waals surface area contributed by atoms with Crippen LogP contribution < -0.4 is 5.73 Å². The molecule has 0 saturated carbocycles. The molecule has 1 rings (SSSR count). The second-order valence-electron chi connectivity index (χ2n) is 2.45. The lowest BCUT2D eigenvalue weighted by molar-refractivity contribution is -0.150. The Kier molecular flexibility index (Phi) is 2.10. The van der Waals surface area contributed by atoms with Crippen LogP contribution in [0.25, 0.3) is 0 Å². The van der Waals surface area contributed by atoms with Crippen LogP contribution in [0.4, 0.5) is 13.2 Å². The minimum absolute atomic E-state index is 0.0394. The van der Waals surface area contributed by atoms with E-state index in [9.17, 15) is 13.2 Å². The summed E-state index contributed by atoms with van der Waals surface area (Å²) < 4.78 is 37.3. The number of nitrogens with two attached hydrogens (primary N) is 1. The molecule has 1 atom stereocenters. The van der Waals surface area contributed by atoms with Crippen molar-refractivity contribution in [3.8, 4) is 0 Å². The summed E-state index contributed by atoms with van der Waals surface area (Å²) in [6.45, 7) is 0. The Bertz CT molecular complexity index is 265. The zero-order valence-electron chi connectivity index (χ0n) is 6.34. The molecule has 1 aromatic heterocycles. The fourth-order valence-electron chi connectivity index (χ4n) is 0.835. The smallest absolute Gasteiger partial charge is 0.336 e. The Morgan fingerprint density at radius 3 is 2.50 bits per heavy atom. The SMILES string of the molecule is Cn1cncc1C(N)C(F)(F)F. The van der Waals surface area contributed by atoms with Crippen LogP contribution >= 0.6 is 0 Å². The lowest BCUT2D eigenvalue weighted by Crippen LogP contribution is -2.30. The largest absolute Gasteiger partial charge is 0.409 e. The van der Waals surface area contributed by atoms with Crippen LogP contribution in [-0.2, 0) is 7.05 Å². The highest BCUT2D eigenvalue weighted by Gasteiger charge is 2.39. The zero-order valence-corrected chi connectivity index (χ0v) is 6.34. The normalized spacial score (nSPS) is 14.8. The predicted molar refractivity (Wildman–Crippen MR) is 36.2 cm³/mol. The van der Waals surface area contributed by atoms with Gasteiger partial charge in [0.1, 0.15) is 6.04 Å². The number of hydrogen-bond donors (Lipinski definition) is 1. The average molecular weight is 179 g/mol. The van der Waals surface area contributed by atoms with Crippen molar-refractivity contribution in [2.45, 2.75) is 12.2 Å². The first kappa shape index (κ1) is 9.05. The number of halogens is 3. The third kappa shape index (κ3) is 1.58. The maximum Gasteiger partial charge on any atom is 0.409 e. The summed E-state index contributed by atoms with van der Waals surface area (Å²) in [5, 5.41) is 0. The van der Waals surface area contributed by atoms with E-state index >= 15 is 0 Å². The number of aromatic nitrogens is 2. The van der Waals surface area contributed by atoms with Gasteiger partial charge in [-0.3, -0.25) is 0 Å². The van der Waals surface area contributed by atoms with Crippen LogP contribution in [0.15, 0.2) is 12.5 Å². The molecule has 0 aromatic carbocycles. The lowest BCUT2D eigenvalue weighted by atomic mass is 10.2. The number of alkyl halides is 3. The van der Waals surface area contributed by atoms with Crippen molar-refractivity contribution < 1.29 is 13.2 Å². The number of rotatable bonds is 1. The molecule has 1 heterocycles. The summed E-state index contributed by atoms with van der Waals surface area (Å²) in [5.41, 5.74) is 4.89. The van der Waals surface area contributed by atoms with Crippen LogP contribution in [0.3, 0.4) is 0 Å². The Balaban J connectivity index is 2.92. The molecule has 2 N–H and O–H groups in total. The fourth-order valence-corrected chi connectivity index (χ4v) is 0.835. The van der Waals surface area contributed by atoms with Gasteiger partial charge in [-0.2, -0.15) is 13.2 Å². The number of hydrogen-bond acceptors (Lipinski definition) is 2. The highest BCUT2D eigenvalue weighted by Crippen LogP contribution is 2.29. The van der Waals surface area contributed by atoms with Crippen molar-refractivity contribution in [3.05, 3.63) is 18.2 Å². The van der Waals surface area contributed by atoms with E-state index < -0.39 is 12.2 Å². The van der Waals surface area contributed by atoms with Gasteiger partial charge in [0.2, 0.25) is 0 Å². The van der Waals surface area contributed by atoms with Gasteiger partial charge < -0.3 is 10.3 Å². The van der Waals surface area contributed by atoms with E-state index in [0.717, 1.165) is 6.20 Å². The molecule has 1 aromatic rings. The van der Waals surface area contributed by atoms with Crippen molar-refractivity contribution in [2.24, 2.45) is 12.8 Å². The summed E-state index contributed by atoms with van der Waals surface area (Å²) in [6.07, 6.45) is -2.02. The molecule has 0 radical (unpaired) electrons. The monoisotopic (exact) mass is 179 g/mol. The van der Waals surface area contributed by atoms with Gasteiger partial charge in [0.05, 0.1) is 18.2 Å². The molecule has 0 spiro atoms. The quantitative estimate of drug-likeness (QED) is 0.698. The molecule has 6 heteroatoms.